The van der Waals surface area contributed by atoms with Crippen LogP contribution in [0.2, 0.25) is 0 Å². The molecule has 1 aliphatic carbocycles. The Morgan fingerprint density at radius 2 is 1.53 bits per heavy atom. The second-order valence-corrected chi connectivity index (χ2v) is 4.22. The highest BCUT2D eigenvalue weighted by Gasteiger charge is 2.49. The van der Waals surface area contributed by atoms with Crippen molar-refractivity contribution >= 4 is 11.8 Å². The Bertz CT molecular complexity index is 463. The normalized spacial score (nSPS) is 27.8. The maximum atomic E-state index is 11.9. The summed E-state index contributed by atoms with van der Waals surface area (Å²) in [6.45, 7) is 2.10. The van der Waals surface area contributed by atoms with Crippen molar-refractivity contribution in [3.8, 4) is 12.1 Å². The van der Waals surface area contributed by atoms with Crippen LogP contribution in [-0.2, 0) is 9.59 Å². The molecule has 5 nitrogen and oxygen atoms in total. The van der Waals surface area contributed by atoms with Crippen molar-refractivity contribution in [2.75, 3.05) is 6.54 Å². The molecule has 1 fully saturated rings. The number of hydrogen-bond acceptors (Lipinski definition) is 4. The highest BCUT2D eigenvalue weighted by molar-refractivity contribution is 6.05. The molecule has 0 spiro atoms. The smallest absolute Gasteiger partial charge is 0.233 e. The second kappa shape index (κ2) is 4.03. The molecule has 0 N–H and O–H groups in total. The van der Waals surface area contributed by atoms with E-state index in [9.17, 15) is 9.59 Å². The molecule has 5 heteroatoms. The highest BCUT2D eigenvalue weighted by atomic mass is 16.2. The van der Waals surface area contributed by atoms with Crippen LogP contribution in [0.4, 0.5) is 0 Å². The van der Waals surface area contributed by atoms with Gasteiger partial charge in [-0.2, -0.15) is 10.5 Å². The zero-order valence-corrected chi connectivity index (χ0v) is 9.43. The third-order valence-electron chi connectivity index (χ3n) is 3.45. The van der Waals surface area contributed by atoms with Crippen LogP contribution >= 0.6 is 0 Å². The number of allylic oxidation sites excluding steroid dienone is 2. The number of likely N-dealkylation sites (tertiary alicyclic amines) is 1. The van der Waals surface area contributed by atoms with Gasteiger partial charge in [-0.15, -0.1) is 0 Å². The molecular weight excluding hydrogens is 218 g/mol. The fourth-order valence-electron chi connectivity index (χ4n) is 2.54. The van der Waals surface area contributed by atoms with E-state index in [0.29, 0.717) is 17.7 Å². The van der Waals surface area contributed by atoms with Gasteiger partial charge in [0, 0.05) is 17.7 Å². The molecule has 86 valence electrons. The standard InChI is InChI=1S/C12H11N3O2/c1-2-15-11(16)9-3-7(5-13)8(6-14)4-10(9)12(15)17/h9-10H,2-4H2,1H3. The molecule has 1 heterocycles. The van der Waals surface area contributed by atoms with Gasteiger partial charge in [-0.25, -0.2) is 0 Å². The predicted octanol–water partition coefficient (Wildman–Crippen LogP) is 0.745. The molecule has 0 aromatic rings. The lowest BCUT2D eigenvalue weighted by Crippen LogP contribution is -2.30. The first kappa shape index (κ1) is 11.3. The maximum absolute atomic E-state index is 11.9. The van der Waals surface area contributed by atoms with Crippen LogP contribution in [0.25, 0.3) is 0 Å². The van der Waals surface area contributed by atoms with Gasteiger partial charge in [0.25, 0.3) is 0 Å². The molecule has 2 aliphatic rings. The Kier molecular flexibility index (Phi) is 2.69. The number of imide groups is 1. The van der Waals surface area contributed by atoms with E-state index in [2.05, 4.69) is 0 Å². The molecule has 0 radical (unpaired) electrons. The molecular formula is C12H11N3O2. The second-order valence-electron chi connectivity index (χ2n) is 4.22. The fourth-order valence-corrected chi connectivity index (χ4v) is 2.54. The lowest BCUT2D eigenvalue weighted by Gasteiger charge is -2.20. The molecule has 2 atom stereocenters. The summed E-state index contributed by atoms with van der Waals surface area (Å²) >= 11 is 0. The molecule has 2 rings (SSSR count). The molecule has 0 saturated carbocycles. The first-order chi connectivity index (χ1) is 8.13. The zero-order chi connectivity index (χ0) is 12.6. The third-order valence-corrected chi connectivity index (χ3v) is 3.45. The SMILES string of the molecule is CCN1C(=O)C2CC(C#N)=C(C#N)CC2C1=O. The zero-order valence-electron chi connectivity index (χ0n) is 9.43. The molecule has 17 heavy (non-hydrogen) atoms. The minimum Gasteiger partial charge on any atom is -0.282 e. The minimum atomic E-state index is -0.436. The van der Waals surface area contributed by atoms with Gasteiger partial charge in [0.05, 0.1) is 24.0 Å². The molecule has 2 amide bonds. The number of carbonyl (C=O) groups excluding carboxylic acids is 2. The number of rotatable bonds is 1. The first-order valence-corrected chi connectivity index (χ1v) is 5.51. The Balaban J connectivity index is 2.37. The summed E-state index contributed by atoms with van der Waals surface area (Å²) in [5, 5.41) is 17.8. The molecule has 1 saturated heterocycles. The van der Waals surface area contributed by atoms with Gasteiger partial charge in [-0.05, 0) is 19.8 Å². The third kappa shape index (κ3) is 1.52. The maximum Gasteiger partial charge on any atom is 0.233 e. The van der Waals surface area contributed by atoms with E-state index < -0.39 is 11.8 Å². The Labute approximate surface area is 98.9 Å². The van der Waals surface area contributed by atoms with Crippen LogP contribution in [-0.4, -0.2) is 23.3 Å². The van der Waals surface area contributed by atoms with E-state index in [0.717, 1.165) is 0 Å². The molecule has 0 aromatic heterocycles. The summed E-state index contributed by atoms with van der Waals surface area (Å²) in [6, 6.07) is 3.92. The molecule has 2 unspecified atom stereocenters. The van der Waals surface area contributed by atoms with Crippen LogP contribution < -0.4 is 0 Å². The van der Waals surface area contributed by atoms with E-state index >= 15 is 0 Å². The Hall–Kier alpha value is -2.14. The van der Waals surface area contributed by atoms with Gasteiger partial charge in [0.15, 0.2) is 0 Å². The summed E-state index contributed by atoms with van der Waals surface area (Å²) < 4.78 is 0. The van der Waals surface area contributed by atoms with Gasteiger partial charge in [-0.1, -0.05) is 0 Å². The van der Waals surface area contributed by atoms with Crippen molar-refractivity contribution in [3.05, 3.63) is 11.1 Å². The Morgan fingerprint density at radius 3 is 1.82 bits per heavy atom. The van der Waals surface area contributed by atoms with Gasteiger partial charge in [0.1, 0.15) is 0 Å². The fraction of sp³-hybridized carbons (Fsp3) is 0.500. The lowest BCUT2D eigenvalue weighted by molar-refractivity contribution is -0.139. The summed E-state index contributed by atoms with van der Waals surface area (Å²) in [5.41, 5.74) is 0.709. The van der Waals surface area contributed by atoms with Crippen LogP contribution in [0, 0.1) is 34.5 Å². The first-order valence-electron chi connectivity index (χ1n) is 5.51. The highest BCUT2D eigenvalue weighted by Crippen LogP contribution is 2.40. The van der Waals surface area contributed by atoms with Crippen molar-refractivity contribution in [2.45, 2.75) is 19.8 Å². The van der Waals surface area contributed by atoms with E-state index in [-0.39, 0.29) is 24.7 Å². The Morgan fingerprint density at radius 1 is 1.12 bits per heavy atom. The summed E-state index contributed by atoms with van der Waals surface area (Å²) in [4.78, 5) is 25.1. The molecule has 1 aliphatic heterocycles. The minimum absolute atomic E-state index is 0.202. The van der Waals surface area contributed by atoms with Crippen LogP contribution in [0.5, 0.6) is 0 Å². The van der Waals surface area contributed by atoms with E-state index in [4.69, 9.17) is 10.5 Å². The van der Waals surface area contributed by atoms with Crippen LogP contribution in [0.15, 0.2) is 11.1 Å². The molecule has 0 aromatic carbocycles. The lowest BCUT2D eigenvalue weighted by atomic mass is 9.78. The largest absolute Gasteiger partial charge is 0.282 e. The van der Waals surface area contributed by atoms with Crippen molar-refractivity contribution in [3.63, 3.8) is 0 Å². The van der Waals surface area contributed by atoms with Gasteiger partial charge < -0.3 is 0 Å². The van der Waals surface area contributed by atoms with E-state index in [1.54, 1.807) is 6.92 Å². The van der Waals surface area contributed by atoms with E-state index in [1.165, 1.54) is 4.90 Å². The quantitative estimate of drug-likeness (QED) is 0.621. The summed E-state index contributed by atoms with van der Waals surface area (Å²) in [6.07, 6.45) is 0.455. The van der Waals surface area contributed by atoms with E-state index in [1.807, 2.05) is 12.1 Å². The number of carbonyl (C=O) groups is 2. The van der Waals surface area contributed by atoms with Crippen molar-refractivity contribution in [1.29, 1.82) is 10.5 Å². The van der Waals surface area contributed by atoms with Gasteiger partial charge >= 0.3 is 0 Å². The average Bonchev–Trinajstić information content (AvgIpc) is 2.59. The summed E-state index contributed by atoms with van der Waals surface area (Å²) in [5.74, 6) is -1.28. The van der Waals surface area contributed by atoms with Crippen molar-refractivity contribution < 1.29 is 9.59 Å². The van der Waals surface area contributed by atoms with Gasteiger partial charge in [-0.3, -0.25) is 14.5 Å². The van der Waals surface area contributed by atoms with Crippen LogP contribution in [0.3, 0.4) is 0 Å². The number of nitrogens with zero attached hydrogens (tertiary/aromatic N) is 3. The number of fused-ring (bicyclic) bond motifs is 1. The van der Waals surface area contributed by atoms with Crippen molar-refractivity contribution in [2.24, 2.45) is 11.8 Å². The number of hydrogen-bond donors (Lipinski definition) is 0. The van der Waals surface area contributed by atoms with Gasteiger partial charge in [0.2, 0.25) is 11.8 Å². The molecule has 0 bridgehead atoms. The predicted molar refractivity (Wildman–Crippen MR) is 56.9 cm³/mol. The topological polar surface area (TPSA) is 85.0 Å². The van der Waals surface area contributed by atoms with Crippen LogP contribution in [0.1, 0.15) is 19.8 Å². The monoisotopic (exact) mass is 229 g/mol. The summed E-state index contributed by atoms with van der Waals surface area (Å²) in [7, 11) is 0. The average molecular weight is 229 g/mol. The van der Waals surface area contributed by atoms with Crippen molar-refractivity contribution in [1.82, 2.24) is 4.90 Å². The number of nitriles is 2. The number of amides is 2.